The third-order valence-corrected chi connectivity index (χ3v) is 4.54. The number of aromatic nitrogens is 2. The third kappa shape index (κ3) is 4.38. The summed E-state index contributed by atoms with van der Waals surface area (Å²) in [5, 5.41) is 0. The maximum atomic E-state index is 11.6. The van der Waals surface area contributed by atoms with Crippen molar-refractivity contribution in [2.24, 2.45) is 0 Å². The first kappa shape index (κ1) is 18.6. The smallest absolute Gasteiger partial charge is 0.325 e. The normalized spacial score (nSPS) is 10.5. The molecule has 0 bridgehead atoms. The summed E-state index contributed by atoms with van der Waals surface area (Å²) in [5.74, 6) is -0.446. The average molecular weight is 380 g/mol. The van der Waals surface area contributed by atoms with Crippen LogP contribution in [0.3, 0.4) is 0 Å². The highest BCUT2D eigenvalue weighted by atomic mass is 16.5. The molecule has 1 heterocycles. The van der Waals surface area contributed by atoms with Gasteiger partial charge in [-0.2, -0.15) is 9.97 Å². The van der Waals surface area contributed by atoms with E-state index >= 15 is 0 Å². The Morgan fingerprint density at radius 3 is 1.62 bits per heavy atom. The summed E-state index contributed by atoms with van der Waals surface area (Å²) < 4.78 is 5.28. The van der Waals surface area contributed by atoms with Crippen LogP contribution in [0.4, 0.5) is 0 Å². The second kappa shape index (κ2) is 8.48. The van der Waals surface area contributed by atoms with Gasteiger partial charge in [-0.25, -0.2) is 0 Å². The fourth-order valence-corrected chi connectivity index (χ4v) is 3.27. The number of hydrogen-bond acceptors (Lipinski definition) is 4. The molecule has 0 amide bonds. The second-order valence-electron chi connectivity index (χ2n) is 6.67. The van der Waals surface area contributed by atoms with Gasteiger partial charge >= 0.3 is 12.0 Å². The van der Waals surface area contributed by atoms with Gasteiger partial charge < -0.3 is 4.74 Å². The van der Waals surface area contributed by atoms with E-state index in [0.29, 0.717) is 6.42 Å². The summed E-state index contributed by atoms with van der Waals surface area (Å²) in [6, 6.07) is 30.1. The average Bonchev–Trinajstić information content (AvgIpc) is 2.76. The molecule has 0 N–H and O–H groups in total. The third-order valence-electron chi connectivity index (χ3n) is 4.54. The van der Waals surface area contributed by atoms with Gasteiger partial charge in [-0.15, -0.1) is 0 Å². The predicted molar refractivity (Wildman–Crippen MR) is 113 cm³/mol. The van der Waals surface area contributed by atoms with Crippen LogP contribution < -0.4 is 4.74 Å². The van der Waals surface area contributed by atoms with Crippen LogP contribution in [-0.2, 0) is 11.2 Å². The molecule has 0 fully saturated rings. The molecule has 4 rings (SSSR count). The highest BCUT2D eigenvalue weighted by Gasteiger charge is 2.19. The van der Waals surface area contributed by atoms with Crippen LogP contribution in [0.5, 0.6) is 6.01 Å². The van der Waals surface area contributed by atoms with Crippen LogP contribution in [0.1, 0.15) is 18.1 Å². The van der Waals surface area contributed by atoms with E-state index < -0.39 is 5.97 Å². The van der Waals surface area contributed by atoms with Crippen molar-refractivity contribution in [2.45, 2.75) is 13.3 Å². The molecule has 0 saturated carbocycles. The lowest BCUT2D eigenvalue weighted by Crippen LogP contribution is -2.09. The van der Waals surface area contributed by atoms with E-state index in [1.165, 1.54) is 6.92 Å². The van der Waals surface area contributed by atoms with Crippen molar-refractivity contribution in [2.75, 3.05) is 0 Å². The number of carbonyl (C=O) groups excluding carboxylic acids is 1. The monoisotopic (exact) mass is 380 g/mol. The quantitative estimate of drug-likeness (QED) is 0.439. The van der Waals surface area contributed by atoms with E-state index in [1.807, 2.05) is 78.9 Å². The number of carbonyl (C=O) groups is 1. The first-order valence-electron chi connectivity index (χ1n) is 9.45. The molecule has 0 radical (unpaired) electrons. The van der Waals surface area contributed by atoms with Crippen molar-refractivity contribution in [3.05, 3.63) is 102 Å². The van der Waals surface area contributed by atoms with Crippen molar-refractivity contribution in [1.82, 2.24) is 9.97 Å². The second-order valence-corrected chi connectivity index (χ2v) is 6.67. The molecule has 0 saturated heterocycles. The fourth-order valence-electron chi connectivity index (χ4n) is 3.27. The Hall–Kier alpha value is -3.79. The molecule has 3 aromatic carbocycles. The number of rotatable bonds is 5. The van der Waals surface area contributed by atoms with Crippen molar-refractivity contribution >= 4 is 5.97 Å². The summed E-state index contributed by atoms with van der Waals surface area (Å²) in [6.07, 6.45) is 0.662. The maximum Gasteiger partial charge on any atom is 0.325 e. The molecule has 0 spiro atoms. The van der Waals surface area contributed by atoms with E-state index in [4.69, 9.17) is 4.74 Å². The molecule has 4 aromatic rings. The lowest BCUT2D eigenvalue weighted by atomic mass is 9.95. The molecule has 0 aliphatic carbocycles. The first-order chi connectivity index (χ1) is 14.2. The van der Waals surface area contributed by atoms with Gasteiger partial charge in [0.25, 0.3) is 0 Å². The number of hydrogen-bond donors (Lipinski definition) is 0. The molecular weight excluding hydrogens is 360 g/mol. The molecule has 142 valence electrons. The van der Waals surface area contributed by atoms with Gasteiger partial charge in [0.1, 0.15) is 0 Å². The Morgan fingerprint density at radius 2 is 1.17 bits per heavy atom. The number of benzene rings is 3. The van der Waals surface area contributed by atoms with Crippen LogP contribution in [0.25, 0.3) is 22.5 Å². The van der Waals surface area contributed by atoms with Gasteiger partial charge in [-0.3, -0.25) is 4.79 Å². The van der Waals surface area contributed by atoms with Crippen LogP contribution in [-0.4, -0.2) is 15.9 Å². The molecule has 4 nitrogen and oxygen atoms in total. The van der Waals surface area contributed by atoms with Crippen molar-refractivity contribution in [3.63, 3.8) is 0 Å². The molecule has 1 aromatic heterocycles. The van der Waals surface area contributed by atoms with Gasteiger partial charge in [0, 0.05) is 30.0 Å². The Bertz CT molecular complexity index is 1050. The Morgan fingerprint density at radius 1 is 0.724 bits per heavy atom. The van der Waals surface area contributed by atoms with Crippen LogP contribution >= 0.6 is 0 Å². The van der Waals surface area contributed by atoms with Crippen LogP contribution in [0, 0.1) is 0 Å². The van der Waals surface area contributed by atoms with Gasteiger partial charge in [0.15, 0.2) is 0 Å². The zero-order valence-electron chi connectivity index (χ0n) is 16.1. The Balaban J connectivity index is 1.96. The van der Waals surface area contributed by atoms with Crippen LogP contribution in [0.2, 0.25) is 0 Å². The zero-order chi connectivity index (χ0) is 20.1. The van der Waals surface area contributed by atoms with Gasteiger partial charge in [0.2, 0.25) is 0 Å². The van der Waals surface area contributed by atoms with Gasteiger partial charge in [-0.05, 0) is 5.56 Å². The highest BCUT2D eigenvalue weighted by Crippen LogP contribution is 2.33. The van der Waals surface area contributed by atoms with Crippen LogP contribution in [0.15, 0.2) is 91.0 Å². The van der Waals surface area contributed by atoms with E-state index in [9.17, 15) is 4.79 Å². The minimum atomic E-state index is -0.446. The topological polar surface area (TPSA) is 52.1 Å². The minimum Gasteiger partial charge on any atom is -0.391 e. The standard InChI is InChI=1S/C25H20N2O2/c1-18(28)29-25-26-23(20-13-7-3-8-14-20)22(17-19-11-5-2-6-12-19)24(27-25)21-15-9-4-10-16-21/h2-16H,17H2,1H3. The Kier molecular flexibility index (Phi) is 5.43. The van der Waals surface area contributed by atoms with Crippen molar-refractivity contribution in [1.29, 1.82) is 0 Å². The number of ether oxygens (including phenoxy) is 1. The molecular formula is C25H20N2O2. The lowest BCUT2D eigenvalue weighted by molar-refractivity contribution is -0.132. The largest absolute Gasteiger partial charge is 0.391 e. The van der Waals surface area contributed by atoms with E-state index in [-0.39, 0.29) is 6.01 Å². The SMILES string of the molecule is CC(=O)Oc1nc(-c2ccccc2)c(Cc2ccccc2)c(-c2ccccc2)n1. The molecule has 0 atom stereocenters. The first-order valence-corrected chi connectivity index (χ1v) is 9.45. The minimum absolute atomic E-state index is 0.0621. The molecule has 0 unspecified atom stereocenters. The van der Waals surface area contributed by atoms with Crippen molar-refractivity contribution < 1.29 is 9.53 Å². The number of nitrogens with zero attached hydrogens (tertiary/aromatic N) is 2. The fraction of sp³-hybridized carbons (Fsp3) is 0.0800. The van der Waals surface area contributed by atoms with E-state index in [2.05, 4.69) is 22.1 Å². The molecule has 0 aliphatic heterocycles. The van der Waals surface area contributed by atoms with Gasteiger partial charge in [0.05, 0.1) is 11.4 Å². The summed E-state index contributed by atoms with van der Waals surface area (Å²) in [7, 11) is 0. The van der Waals surface area contributed by atoms with Crippen molar-refractivity contribution in [3.8, 4) is 28.5 Å². The maximum absolute atomic E-state index is 11.6. The molecule has 4 heteroatoms. The lowest BCUT2D eigenvalue weighted by Gasteiger charge is -2.16. The highest BCUT2D eigenvalue weighted by molar-refractivity contribution is 5.75. The van der Waals surface area contributed by atoms with E-state index in [0.717, 1.165) is 33.6 Å². The zero-order valence-corrected chi connectivity index (χ0v) is 16.1. The van der Waals surface area contributed by atoms with Gasteiger partial charge in [-0.1, -0.05) is 91.0 Å². The van der Waals surface area contributed by atoms with E-state index in [1.54, 1.807) is 0 Å². The molecule has 29 heavy (non-hydrogen) atoms. The predicted octanol–water partition coefficient (Wildman–Crippen LogP) is 5.33. The molecule has 0 aliphatic rings. The number of esters is 1. The summed E-state index contributed by atoms with van der Waals surface area (Å²) in [4.78, 5) is 20.8. The summed E-state index contributed by atoms with van der Waals surface area (Å²) in [6.45, 7) is 1.35. The Labute approximate surface area is 169 Å². The summed E-state index contributed by atoms with van der Waals surface area (Å²) in [5.41, 5.74) is 5.58. The summed E-state index contributed by atoms with van der Waals surface area (Å²) >= 11 is 0.